The van der Waals surface area contributed by atoms with Gasteiger partial charge in [0.05, 0.1) is 5.56 Å². The van der Waals surface area contributed by atoms with Crippen LogP contribution in [0, 0.1) is 5.92 Å². The molecule has 2 nitrogen and oxygen atoms in total. The second-order valence-corrected chi connectivity index (χ2v) is 14.6. The summed E-state index contributed by atoms with van der Waals surface area (Å²) in [6, 6.07) is 11.9. The van der Waals surface area contributed by atoms with E-state index >= 15 is 0 Å². The molecule has 4 heteroatoms. The number of rotatable bonds is 8. The molecule has 2 atom stereocenters. The van der Waals surface area contributed by atoms with Crippen LogP contribution in [0.3, 0.4) is 0 Å². The first kappa shape index (κ1) is 35.8. The maximum atomic E-state index is 11.2. The van der Waals surface area contributed by atoms with Crippen molar-refractivity contribution >= 4 is 41.6 Å². The Balaban J connectivity index is 0.00000148. The lowest BCUT2D eigenvalue weighted by Crippen LogP contribution is -2.34. The predicted molar refractivity (Wildman–Crippen MR) is 191 cm³/mol. The summed E-state index contributed by atoms with van der Waals surface area (Å²) in [5.74, 6) is 0.549. The van der Waals surface area contributed by atoms with Crippen molar-refractivity contribution in [3.8, 4) is 0 Å². The molecule has 0 saturated carbocycles. The van der Waals surface area contributed by atoms with Gasteiger partial charge in [0.15, 0.2) is 0 Å². The summed E-state index contributed by atoms with van der Waals surface area (Å²) in [4.78, 5) is 11.2. The zero-order valence-corrected chi connectivity index (χ0v) is 28.9. The third-order valence-electron chi connectivity index (χ3n) is 7.88. The van der Waals surface area contributed by atoms with Gasteiger partial charge >= 0.3 is 5.97 Å². The topological polar surface area (TPSA) is 37.3 Å². The van der Waals surface area contributed by atoms with Gasteiger partial charge in [-0.25, -0.2) is 4.79 Å². The summed E-state index contributed by atoms with van der Waals surface area (Å²) in [5, 5.41) is 9.68. The molecule has 4 rings (SSSR count). The summed E-state index contributed by atoms with van der Waals surface area (Å²) in [6.07, 6.45) is 16.7. The Hall–Kier alpha value is -2.43. The van der Waals surface area contributed by atoms with Gasteiger partial charge in [-0.05, 0) is 76.0 Å². The van der Waals surface area contributed by atoms with Crippen molar-refractivity contribution in [2.75, 3.05) is 0 Å². The van der Waals surface area contributed by atoms with E-state index in [0.29, 0.717) is 16.7 Å². The second kappa shape index (κ2) is 16.4. The third-order valence-corrected chi connectivity index (χ3v) is 10.2. The van der Waals surface area contributed by atoms with Crippen molar-refractivity contribution in [1.82, 2.24) is 0 Å². The standard InChI is InChI=1S/C34H40O2S2.2C2H6/c1-23-9-7-8-10-29(19-23)38-24(2)37-22-28-21-31-30(33(3,4)17-18-34(31,5)6)20-27(28)16-13-25-11-14-26(15-12-25)32(35)36;2*1-2/h7-16,20-21,23,29H,2,17-19,22H2,1,3-6H3,(H,35,36);2*1-2H3/b16-13+;;. The molecule has 0 amide bonds. The minimum atomic E-state index is -0.900. The molecule has 0 fully saturated rings. The van der Waals surface area contributed by atoms with Crippen LogP contribution in [0.4, 0.5) is 0 Å². The number of benzene rings is 2. The lowest BCUT2D eigenvalue weighted by molar-refractivity contribution is 0.0697. The molecule has 0 saturated heterocycles. The minimum absolute atomic E-state index is 0.137. The first-order chi connectivity index (χ1) is 19.9. The highest BCUT2D eigenvalue weighted by Gasteiger charge is 2.37. The normalized spacial score (nSPS) is 19.9. The van der Waals surface area contributed by atoms with Crippen molar-refractivity contribution in [2.24, 2.45) is 5.92 Å². The SMILES string of the molecule is C=C(SCc1cc2c(cc1/C=C/c1ccc(C(=O)O)cc1)C(C)(C)CCC2(C)C)SC1C=CC=CC(C)C1.CC.CC. The molecule has 0 spiro atoms. The predicted octanol–water partition coefficient (Wildman–Crippen LogP) is 11.9. The fraction of sp³-hybridized carbons (Fsp3) is 0.447. The van der Waals surface area contributed by atoms with Crippen LogP contribution in [0.1, 0.15) is 120 Å². The summed E-state index contributed by atoms with van der Waals surface area (Å²) in [5.41, 5.74) is 7.06. The van der Waals surface area contributed by atoms with Gasteiger partial charge in [0.1, 0.15) is 0 Å². The van der Waals surface area contributed by atoms with Gasteiger partial charge in [-0.15, -0.1) is 23.5 Å². The van der Waals surface area contributed by atoms with E-state index in [1.807, 2.05) is 63.4 Å². The highest BCUT2D eigenvalue weighted by atomic mass is 32.2. The van der Waals surface area contributed by atoms with Crippen LogP contribution in [-0.4, -0.2) is 16.3 Å². The van der Waals surface area contributed by atoms with Crippen molar-refractivity contribution in [3.05, 3.63) is 105 Å². The average Bonchev–Trinajstić information content (AvgIpc) is 3.18. The molecule has 2 aliphatic rings. The fourth-order valence-electron chi connectivity index (χ4n) is 5.29. The number of carboxylic acid groups (broad SMARTS) is 1. The Bertz CT molecular complexity index is 1280. The molecule has 2 unspecified atom stereocenters. The van der Waals surface area contributed by atoms with Crippen LogP contribution in [0.25, 0.3) is 12.2 Å². The van der Waals surface area contributed by atoms with E-state index < -0.39 is 5.97 Å². The number of thioether (sulfide) groups is 2. The number of carboxylic acids is 1. The molecule has 228 valence electrons. The Morgan fingerprint density at radius 2 is 1.50 bits per heavy atom. The van der Waals surface area contributed by atoms with Crippen molar-refractivity contribution in [3.63, 3.8) is 0 Å². The first-order valence-corrected chi connectivity index (χ1v) is 17.3. The van der Waals surface area contributed by atoms with Crippen molar-refractivity contribution < 1.29 is 9.90 Å². The molecule has 0 heterocycles. The van der Waals surface area contributed by atoms with E-state index in [1.165, 1.54) is 35.1 Å². The van der Waals surface area contributed by atoms with E-state index in [9.17, 15) is 9.90 Å². The summed E-state index contributed by atoms with van der Waals surface area (Å²) in [7, 11) is 0. The molecular weight excluding hydrogens is 553 g/mol. The first-order valence-electron chi connectivity index (χ1n) is 15.5. The van der Waals surface area contributed by atoms with Gasteiger partial charge in [-0.3, -0.25) is 0 Å². The molecule has 1 N–H and O–H groups in total. The molecule has 0 radical (unpaired) electrons. The highest BCUT2D eigenvalue weighted by molar-refractivity contribution is 8.22. The number of aromatic carboxylic acids is 1. The van der Waals surface area contributed by atoms with Crippen LogP contribution in [0.5, 0.6) is 0 Å². The molecule has 2 aromatic rings. The lowest BCUT2D eigenvalue weighted by Gasteiger charge is -2.42. The van der Waals surface area contributed by atoms with Crippen LogP contribution < -0.4 is 0 Å². The Kier molecular flexibility index (Phi) is 14.0. The van der Waals surface area contributed by atoms with E-state index in [4.69, 9.17) is 0 Å². The summed E-state index contributed by atoms with van der Waals surface area (Å²) >= 11 is 3.72. The Morgan fingerprint density at radius 3 is 2.10 bits per heavy atom. The maximum Gasteiger partial charge on any atom is 0.335 e. The van der Waals surface area contributed by atoms with E-state index in [2.05, 4.69) is 89.8 Å². The zero-order valence-electron chi connectivity index (χ0n) is 27.3. The van der Waals surface area contributed by atoms with Gasteiger partial charge in [0.25, 0.3) is 0 Å². The summed E-state index contributed by atoms with van der Waals surface area (Å²) in [6.45, 7) is 24.2. The fourth-order valence-corrected chi connectivity index (χ4v) is 7.59. The van der Waals surface area contributed by atoms with E-state index in [-0.39, 0.29) is 10.8 Å². The summed E-state index contributed by atoms with van der Waals surface area (Å²) < 4.78 is 1.16. The Labute approximate surface area is 264 Å². The number of hydrogen-bond acceptors (Lipinski definition) is 3. The molecule has 0 bridgehead atoms. The second-order valence-electron chi connectivity index (χ2n) is 11.9. The zero-order chi connectivity index (χ0) is 31.5. The van der Waals surface area contributed by atoms with Gasteiger partial charge < -0.3 is 5.11 Å². The van der Waals surface area contributed by atoms with E-state index in [0.717, 1.165) is 22.0 Å². The minimum Gasteiger partial charge on any atom is -0.478 e. The van der Waals surface area contributed by atoms with E-state index in [1.54, 1.807) is 12.1 Å². The molecule has 2 aliphatic carbocycles. The van der Waals surface area contributed by atoms with Crippen LogP contribution in [-0.2, 0) is 16.6 Å². The monoisotopic (exact) mass is 604 g/mol. The van der Waals surface area contributed by atoms with Crippen LogP contribution >= 0.6 is 23.5 Å². The Morgan fingerprint density at radius 1 is 0.929 bits per heavy atom. The molecular formula is C38H52O2S2. The molecule has 2 aromatic carbocycles. The number of fused-ring (bicyclic) bond motifs is 1. The third kappa shape index (κ3) is 9.81. The van der Waals surface area contributed by atoms with Crippen molar-refractivity contribution in [2.45, 2.75) is 103 Å². The molecule has 42 heavy (non-hydrogen) atoms. The van der Waals surface area contributed by atoms with Crippen molar-refractivity contribution in [1.29, 1.82) is 0 Å². The van der Waals surface area contributed by atoms with Gasteiger partial charge in [-0.1, -0.05) is 130 Å². The quantitative estimate of drug-likeness (QED) is 0.304. The van der Waals surface area contributed by atoms with Gasteiger partial charge in [-0.2, -0.15) is 0 Å². The van der Waals surface area contributed by atoms with Gasteiger partial charge in [0, 0.05) is 15.2 Å². The molecule has 0 aliphatic heterocycles. The van der Waals surface area contributed by atoms with Gasteiger partial charge in [0.2, 0.25) is 0 Å². The maximum absolute atomic E-state index is 11.2. The van der Waals surface area contributed by atoms with Crippen LogP contribution in [0.15, 0.2) is 71.5 Å². The highest BCUT2D eigenvalue weighted by Crippen LogP contribution is 2.47. The average molecular weight is 605 g/mol. The van der Waals surface area contributed by atoms with Crippen LogP contribution in [0.2, 0.25) is 0 Å². The number of hydrogen-bond donors (Lipinski definition) is 1. The molecule has 0 aromatic heterocycles. The smallest absolute Gasteiger partial charge is 0.335 e. The number of allylic oxidation sites excluding steroid dienone is 3. The lowest BCUT2D eigenvalue weighted by atomic mass is 9.62. The number of carbonyl (C=O) groups is 1. The largest absolute Gasteiger partial charge is 0.478 e.